The van der Waals surface area contributed by atoms with Gasteiger partial charge in [0.15, 0.2) is 5.78 Å². The van der Waals surface area contributed by atoms with E-state index in [1.54, 1.807) is 33.9 Å². The molecule has 2 N–H and O–H groups in total. The van der Waals surface area contributed by atoms with Gasteiger partial charge in [-0.1, -0.05) is 23.7 Å². The lowest BCUT2D eigenvalue weighted by Crippen LogP contribution is -2.48. The van der Waals surface area contributed by atoms with Crippen molar-refractivity contribution in [3.8, 4) is 5.75 Å². The average molecular weight is 484 g/mol. The quantitative estimate of drug-likeness (QED) is 0.523. The van der Waals surface area contributed by atoms with Gasteiger partial charge in [0.05, 0.1) is 10.5 Å². The fourth-order valence-corrected chi connectivity index (χ4v) is 5.15. The molecular formula is C25H23ClFN3O4. The summed E-state index contributed by atoms with van der Waals surface area (Å²) in [6.45, 7) is 1.36. The number of phenolic OH excluding ortho intramolecular Hbond substituents is 1. The Labute approximate surface area is 200 Å². The number of phenols is 1. The molecule has 1 aliphatic heterocycles. The van der Waals surface area contributed by atoms with E-state index in [1.807, 2.05) is 0 Å². The smallest absolute Gasteiger partial charge is 0.243 e. The lowest BCUT2D eigenvalue weighted by atomic mass is 10.1. The van der Waals surface area contributed by atoms with Crippen LogP contribution in [0.25, 0.3) is 10.9 Å². The maximum Gasteiger partial charge on any atom is 0.243 e. The standard InChI is InChI=1S/C25H23ClFN3O4/c1-13(31)18-11-29(21-9-16(32)5-6-17(18)21)12-23(33)30-20-7-15(20)8-22(30)25(34)28-10-14-3-2-4-19(26)24(14)27/h2-6,9,11,15,20,22,32H,7-8,10,12H2,1H3,(H,28,34)/t15-,20-,22+/m1/s1. The number of fused-ring (bicyclic) bond motifs is 2. The van der Waals surface area contributed by atoms with Crippen LogP contribution >= 0.6 is 11.6 Å². The number of aromatic hydroxyl groups is 1. The van der Waals surface area contributed by atoms with Gasteiger partial charge in [0.25, 0.3) is 0 Å². The molecule has 1 aliphatic carbocycles. The second-order valence-electron chi connectivity index (χ2n) is 8.97. The van der Waals surface area contributed by atoms with Crippen molar-refractivity contribution in [2.24, 2.45) is 5.92 Å². The van der Waals surface area contributed by atoms with E-state index in [-0.39, 0.29) is 59.0 Å². The average Bonchev–Trinajstić information content (AvgIpc) is 3.31. The minimum Gasteiger partial charge on any atom is -0.508 e. The second kappa shape index (κ2) is 8.43. The zero-order valence-corrected chi connectivity index (χ0v) is 19.2. The summed E-state index contributed by atoms with van der Waals surface area (Å²) in [6, 6.07) is 8.64. The molecule has 2 heterocycles. The van der Waals surface area contributed by atoms with Crippen molar-refractivity contribution >= 4 is 40.1 Å². The monoisotopic (exact) mass is 483 g/mol. The molecule has 9 heteroatoms. The maximum atomic E-state index is 14.2. The number of rotatable bonds is 6. The Morgan fingerprint density at radius 1 is 1.21 bits per heavy atom. The number of nitrogens with zero attached hydrogens (tertiary/aromatic N) is 2. The number of carbonyl (C=O) groups is 3. The van der Waals surface area contributed by atoms with Crippen molar-refractivity contribution in [3.63, 3.8) is 0 Å². The van der Waals surface area contributed by atoms with Crippen LogP contribution in [0.1, 0.15) is 35.7 Å². The van der Waals surface area contributed by atoms with Gasteiger partial charge in [-0.25, -0.2) is 4.39 Å². The number of aromatic nitrogens is 1. The summed E-state index contributed by atoms with van der Waals surface area (Å²) in [5.41, 5.74) is 1.31. The Hall–Kier alpha value is -3.39. The highest BCUT2D eigenvalue weighted by molar-refractivity contribution is 6.30. The summed E-state index contributed by atoms with van der Waals surface area (Å²) < 4.78 is 15.8. The summed E-state index contributed by atoms with van der Waals surface area (Å²) in [5.74, 6) is -0.982. The highest BCUT2D eigenvalue weighted by Gasteiger charge is 2.55. The van der Waals surface area contributed by atoms with Crippen LogP contribution in [-0.4, -0.2) is 44.3 Å². The third-order valence-electron chi connectivity index (χ3n) is 6.73. The molecule has 1 saturated carbocycles. The Morgan fingerprint density at radius 2 is 2.00 bits per heavy atom. The molecule has 1 saturated heterocycles. The first-order valence-corrected chi connectivity index (χ1v) is 11.5. The van der Waals surface area contributed by atoms with Crippen molar-refractivity contribution in [1.82, 2.24) is 14.8 Å². The molecular weight excluding hydrogens is 461 g/mol. The second-order valence-corrected chi connectivity index (χ2v) is 9.38. The van der Waals surface area contributed by atoms with Crippen LogP contribution in [0, 0.1) is 11.7 Å². The number of piperidine rings is 1. The third kappa shape index (κ3) is 3.92. The Balaban J connectivity index is 1.34. The highest BCUT2D eigenvalue weighted by Crippen LogP contribution is 2.48. The van der Waals surface area contributed by atoms with Crippen LogP contribution in [-0.2, 0) is 22.7 Å². The first-order chi connectivity index (χ1) is 16.2. The Kier molecular flexibility index (Phi) is 5.56. The van der Waals surface area contributed by atoms with Crippen molar-refractivity contribution < 1.29 is 23.9 Å². The van der Waals surface area contributed by atoms with Crippen LogP contribution in [0.15, 0.2) is 42.6 Å². The van der Waals surface area contributed by atoms with Crippen molar-refractivity contribution in [2.75, 3.05) is 0 Å². The van der Waals surface area contributed by atoms with E-state index in [1.165, 1.54) is 25.1 Å². The SMILES string of the molecule is CC(=O)c1cn(CC(=O)N2[C@@H]3C[C@@H]3C[C@H]2C(=O)NCc2cccc(Cl)c2F)c2cc(O)ccc12. The summed E-state index contributed by atoms with van der Waals surface area (Å²) in [6.07, 6.45) is 3.03. The third-order valence-corrected chi connectivity index (χ3v) is 7.02. The number of Topliss-reactive ketones (excluding diaryl/α,β-unsaturated/α-hetero) is 1. The topological polar surface area (TPSA) is 91.6 Å². The van der Waals surface area contributed by atoms with E-state index in [0.29, 0.717) is 22.9 Å². The van der Waals surface area contributed by atoms with Gasteiger partial charge in [0, 0.05) is 41.4 Å². The summed E-state index contributed by atoms with van der Waals surface area (Å²) in [5, 5.41) is 13.3. The first-order valence-electron chi connectivity index (χ1n) is 11.1. The molecule has 0 spiro atoms. The predicted molar refractivity (Wildman–Crippen MR) is 124 cm³/mol. The molecule has 0 unspecified atom stereocenters. The number of likely N-dealkylation sites (tertiary alicyclic amines) is 1. The van der Waals surface area contributed by atoms with E-state index >= 15 is 0 Å². The fraction of sp³-hybridized carbons (Fsp3) is 0.320. The van der Waals surface area contributed by atoms with Gasteiger partial charge >= 0.3 is 0 Å². The van der Waals surface area contributed by atoms with E-state index < -0.39 is 11.9 Å². The zero-order valence-electron chi connectivity index (χ0n) is 18.4. The summed E-state index contributed by atoms with van der Waals surface area (Å²) in [7, 11) is 0. The van der Waals surface area contributed by atoms with Crippen molar-refractivity contribution in [2.45, 2.75) is 44.9 Å². The largest absolute Gasteiger partial charge is 0.508 e. The molecule has 0 bridgehead atoms. The molecule has 2 fully saturated rings. The molecule has 3 atom stereocenters. The van der Waals surface area contributed by atoms with Crippen LogP contribution in [0.2, 0.25) is 5.02 Å². The Morgan fingerprint density at radius 3 is 2.76 bits per heavy atom. The fourth-order valence-electron chi connectivity index (χ4n) is 4.95. The number of ketones is 1. The number of benzene rings is 2. The number of hydrogen-bond donors (Lipinski definition) is 2. The van der Waals surface area contributed by atoms with Gasteiger partial charge < -0.3 is 19.9 Å². The molecule has 176 valence electrons. The minimum absolute atomic E-state index is 0.00802. The van der Waals surface area contributed by atoms with E-state index in [4.69, 9.17) is 11.6 Å². The van der Waals surface area contributed by atoms with Gasteiger partial charge in [-0.05, 0) is 43.9 Å². The van der Waals surface area contributed by atoms with Crippen molar-refractivity contribution in [3.05, 3.63) is 64.6 Å². The number of nitrogens with one attached hydrogen (secondary N) is 1. The van der Waals surface area contributed by atoms with Crippen molar-refractivity contribution in [1.29, 1.82) is 0 Å². The summed E-state index contributed by atoms with van der Waals surface area (Å²) in [4.78, 5) is 40.0. The van der Waals surface area contributed by atoms with Gasteiger partial charge in [0.1, 0.15) is 24.2 Å². The summed E-state index contributed by atoms with van der Waals surface area (Å²) >= 11 is 5.82. The van der Waals surface area contributed by atoms with E-state index in [2.05, 4.69) is 5.32 Å². The van der Waals surface area contributed by atoms with E-state index in [9.17, 15) is 23.9 Å². The molecule has 7 nitrogen and oxygen atoms in total. The first kappa shape index (κ1) is 22.4. The molecule has 0 radical (unpaired) electrons. The zero-order chi connectivity index (χ0) is 24.1. The van der Waals surface area contributed by atoms with Gasteiger partial charge in [-0.2, -0.15) is 0 Å². The van der Waals surface area contributed by atoms with Crippen LogP contribution in [0.5, 0.6) is 5.75 Å². The minimum atomic E-state index is -0.638. The molecule has 1 aromatic heterocycles. The Bertz CT molecular complexity index is 1340. The highest BCUT2D eigenvalue weighted by atomic mass is 35.5. The lowest BCUT2D eigenvalue weighted by molar-refractivity contribution is -0.140. The maximum absolute atomic E-state index is 14.2. The van der Waals surface area contributed by atoms with Gasteiger partial charge in [-0.3, -0.25) is 14.4 Å². The molecule has 2 aromatic carbocycles. The predicted octanol–water partition coefficient (Wildman–Crippen LogP) is 3.65. The van der Waals surface area contributed by atoms with E-state index in [0.717, 1.165) is 6.42 Å². The molecule has 3 aromatic rings. The molecule has 5 rings (SSSR count). The normalized spacial score (nSPS) is 20.9. The molecule has 2 amide bonds. The lowest BCUT2D eigenvalue weighted by Gasteiger charge is -2.27. The van der Waals surface area contributed by atoms with Gasteiger partial charge in [-0.15, -0.1) is 0 Å². The van der Waals surface area contributed by atoms with Crippen LogP contribution < -0.4 is 5.32 Å². The number of carbonyl (C=O) groups excluding carboxylic acids is 3. The van der Waals surface area contributed by atoms with Crippen LogP contribution in [0.3, 0.4) is 0 Å². The van der Waals surface area contributed by atoms with Gasteiger partial charge in [0.2, 0.25) is 11.8 Å². The number of hydrogen-bond acceptors (Lipinski definition) is 4. The number of amides is 2. The molecule has 34 heavy (non-hydrogen) atoms. The number of halogens is 2. The molecule has 2 aliphatic rings. The van der Waals surface area contributed by atoms with Crippen LogP contribution in [0.4, 0.5) is 4.39 Å².